The summed E-state index contributed by atoms with van der Waals surface area (Å²) in [5.41, 5.74) is 3.54. The van der Waals surface area contributed by atoms with Crippen molar-refractivity contribution in [2.24, 2.45) is 27.0 Å². The number of nitrogens with two attached hydrogens (primary N) is 1. The molecule has 2 aliphatic heterocycles. The van der Waals surface area contributed by atoms with Gasteiger partial charge in [0, 0.05) is 5.41 Å². The number of hydrogen-bond acceptors (Lipinski definition) is 6. The van der Waals surface area contributed by atoms with Crippen LogP contribution in [0.25, 0.3) is 0 Å². The number of rotatable bonds is 0. The molecule has 0 amide bonds. The molecular formula is C14H16N4O2. The highest BCUT2D eigenvalue weighted by molar-refractivity contribution is 6.00. The molecule has 4 atom stereocenters. The highest BCUT2D eigenvalue weighted by Crippen LogP contribution is 2.89. The molecule has 2 N–H and O–H groups in total. The van der Waals surface area contributed by atoms with Crippen LogP contribution in [0.4, 0.5) is 0 Å². The molecule has 2 heterocycles. The van der Waals surface area contributed by atoms with Gasteiger partial charge >= 0.3 is 0 Å². The van der Waals surface area contributed by atoms with Crippen molar-refractivity contribution in [3.8, 4) is 12.1 Å². The highest BCUT2D eigenvalue weighted by atomic mass is 16.8. The molecule has 0 aromatic heterocycles. The summed E-state index contributed by atoms with van der Waals surface area (Å²) in [7, 11) is 0. The third-order valence-corrected chi connectivity index (χ3v) is 5.73. The predicted octanol–water partition coefficient (Wildman–Crippen LogP) is 1.04. The summed E-state index contributed by atoms with van der Waals surface area (Å²) < 4.78 is 11.7. The van der Waals surface area contributed by atoms with Gasteiger partial charge in [0.05, 0.1) is 24.8 Å². The first kappa shape index (κ1) is 12.1. The first-order chi connectivity index (χ1) is 9.56. The van der Waals surface area contributed by atoms with Crippen LogP contribution in [0.1, 0.15) is 32.6 Å². The fourth-order valence-electron chi connectivity index (χ4n) is 5.06. The minimum absolute atomic E-state index is 0.148. The fraction of sp³-hybridized carbons (Fsp3) is 0.786. The van der Waals surface area contributed by atoms with Crippen LogP contribution in [0, 0.1) is 38.9 Å². The van der Waals surface area contributed by atoms with Crippen LogP contribution >= 0.6 is 0 Å². The van der Waals surface area contributed by atoms with Gasteiger partial charge in [-0.1, -0.05) is 12.8 Å². The molecule has 6 heteroatoms. The van der Waals surface area contributed by atoms with Gasteiger partial charge in [-0.15, -0.1) is 0 Å². The van der Waals surface area contributed by atoms with E-state index in [2.05, 4.69) is 17.1 Å². The van der Waals surface area contributed by atoms with Crippen LogP contribution in [0.3, 0.4) is 0 Å². The average Bonchev–Trinajstić information content (AvgIpc) is 2.83. The first-order valence-corrected chi connectivity index (χ1v) is 7.06. The van der Waals surface area contributed by atoms with E-state index in [1.165, 1.54) is 0 Å². The van der Waals surface area contributed by atoms with Gasteiger partial charge in [0.2, 0.25) is 0 Å². The van der Waals surface area contributed by atoms with Gasteiger partial charge in [-0.3, -0.25) is 0 Å². The Labute approximate surface area is 117 Å². The second kappa shape index (κ2) is 3.16. The normalized spacial score (nSPS) is 50.8. The molecule has 0 bridgehead atoms. The fourth-order valence-corrected chi connectivity index (χ4v) is 5.06. The summed E-state index contributed by atoms with van der Waals surface area (Å²) in [6, 6.07) is 4.67. The van der Waals surface area contributed by atoms with Crippen LogP contribution < -0.4 is 5.73 Å². The van der Waals surface area contributed by atoms with Crippen LogP contribution in [-0.4, -0.2) is 24.5 Å². The topological polar surface area (TPSA) is 104 Å². The molecule has 0 radical (unpaired) electrons. The van der Waals surface area contributed by atoms with E-state index in [4.69, 9.17) is 15.2 Å². The Hall–Kier alpha value is -1.63. The van der Waals surface area contributed by atoms with E-state index in [1.54, 1.807) is 0 Å². The van der Waals surface area contributed by atoms with E-state index in [9.17, 15) is 10.5 Å². The van der Waals surface area contributed by atoms with Gasteiger partial charge in [0.25, 0.3) is 5.91 Å². The molecular weight excluding hydrogens is 256 g/mol. The Morgan fingerprint density at radius 3 is 2.50 bits per heavy atom. The lowest BCUT2D eigenvalue weighted by Crippen LogP contribution is -2.41. The summed E-state index contributed by atoms with van der Waals surface area (Å²) in [6.45, 7) is 2.25. The lowest BCUT2D eigenvalue weighted by molar-refractivity contribution is -0.200. The smallest absolute Gasteiger partial charge is 0.293 e. The molecule has 3 fully saturated rings. The largest absolute Gasteiger partial charge is 0.386 e. The molecule has 0 aromatic rings. The molecule has 4 rings (SSSR count). The van der Waals surface area contributed by atoms with Crippen molar-refractivity contribution in [1.82, 2.24) is 0 Å². The van der Waals surface area contributed by atoms with Crippen LogP contribution in [0.15, 0.2) is 4.99 Å². The molecule has 2 aliphatic carbocycles. The molecule has 20 heavy (non-hydrogen) atoms. The summed E-state index contributed by atoms with van der Waals surface area (Å²) in [6.07, 6.45) is 3.49. The third kappa shape index (κ3) is 0.804. The Bertz CT molecular complexity index is 612. The zero-order chi connectivity index (χ0) is 14.2. The number of ether oxygens (including phenoxy) is 2. The Morgan fingerprint density at radius 2 is 2.00 bits per heavy atom. The number of fused-ring (bicyclic) bond motifs is 4. The maximum Gasteiger partial charge on any atom is 0.293 e. The van der Waals surface area contributed by atoms with E-state index >= 15 is 0 Å². The van der Waals surface area contributed by atoms with Crippen LogP contribution in [0.2, 0.25) is 0 Å². The summed E-state index contributed by atoms with van der Waals surface area (Å²) in [5, 5.41) is 19.7. The Balaban J connectivity index is 1.96. The number of amidine groups is 1. The van der Waals surface area contributed by atoms with Crippen molar-refractivity contribution in [1.29, 1.82) is 10.5 Å². The lowest BCUT2D eigenvalue weighted by atomic mass is 9.88. The lowest BCUT2D eigenvalue weighted by Gasteiger charge is -2.29. The number of hydrogen-bond donors (Lipinski definition) is 1. The maximum absolute atomic E-state index is 9.93. The molecule has 6 nitrogen and oxygen atoms in total. The average molecular weight is 272 g/mol. The minimum atomic E-state index is -1.37. The molecule has 104 valence electrons. The van der Waals surface area contributed by atoms with Gasteiger partial charge in [0.15, 0.2) is 5.41 Å². The van der Waals surface area contributed by atoms with Crippen LogP contribution in [0.5, 0.6) is 0 Å². The number of nitrogens with zero attached hydrogens (tertiary/aromatic N) is 3. The molecule has 2 spiro atoms. The molecule has 4 aliphatic rings. The Morgan fingerprint density at radius 1 is 1.30 bits per heavy atom. The SMILES string of the molecule is C[C@H]1CO[C@@]2(N=C(N)[C@@]3(C#N)C4(CCCC4)[C@@]23C#N)O1. The summed E-state index contributed by atoms with van der Waals surface area (Å²) in [4.78, 5) is 4.31. The zero-order valence-corrected chi connectivity index (χ0v) is 11.3. The summed E-state index contributed by atoms with van der Waals surface area (Å²) >= 11 is 0. The highest BCUT2D eigenvalue weighted by Gasteiger charge is 3.01. The monoisotopic (exact) mass is 272 g/mol. The molecule has 0 unspecified atom stereocenters. The van der Waals surface area contributed by atoms with Gasteiger partial charge in [0.1, 0.15) is 11.3 Å². The van der Waals surface area contributed by atoms with E-state index in [0.29, 0.717) is 6.61 Å². The number of aliphatic imine (C=N–C) groups is 1. The van der Waals surface area contributed by atoms with E-state index in [1.807, 2.05) is 6.92 Å². The first-order valence-electron chi connectivity index (χ1n) is 7.06. The van der Waals surface area contributed by atoms with E-state index in [-0.39, 0.29) is 11.9 Å². The zero-order valence-electron chi connectivity index (χ0n) is 11.3. The third-order valence-electron chi connectivity index (χ3n) is 5.73. The van der Waals surface area contributed by atoms with Crippen molar-refractivity contribution in [2.45, 2.75) is 44.6 Å². The second-order valence-corrected chi connectivity index (χ2v) is 6.33. The Kier molecular flexibility index (Phi) is 1.92. The summed E-state index contributed by atoms with van der Waals surface area (Å²) in [5.74, 6) is -1.15. The second-order valence-electron chi connectivity index (χ2n) is 6.33. The minimum Gasteiger partial charge on any atom is -0.386 e. The van der Waals surface area contributed by atoms with Crippen molar-refractivity contribution in [3.63, 3.8) is 0 Å². The standard InChI is InChI=1S/C14H16N4O2/c1-9-6-19-14(20-9)13(8-16)11(4-2-3-5-11)12(13,7-15)10(17)18-14/h9H,2-6H2,1H3,(H2,17,18)/t9-,12-,13+,14+/m0/s1. The van der Waals surface area contributed by atoms with Crippen LogP contribution in [-0.2, 0) is 9.47 Å². The van der Waals surface area contributed by atoms with Gasteiger partial charge < -0.3 is 15.2 Å². The van der Waals surface area contributed by atoms with Gasteiger partial charge in [-0.05, 0) is 19.8 Å². The van der Waals surface area contributed by atoms with Gasteiger partial charge in [-0.25, -0.2) is 4.99 Å². The van der Waals surface area contributed by atoms with E-state index < -0.39 is 22.2 Å². The number of nitriles is 2. The predicted molar refractivity (Wildman–Crippen MR) is 67.8 cm³/mol. The molecule has 2 saturated carbocycles. The van der Waals surface area contributed by atoms with E-state index in [0.717, 1.165) is 25.7 Å². The van der Waals surface area contributed by atoms with Gasteiger partial charge in [-0.2, -0.15) is 10.5 Å². The quantitative estimate of drug-likeness (QED) is 0.709. The van der Waals surface area contributed by atoms with Crippen molar-refractivity contribution in [2.75, 3.05) is 6.61 Å². The molecule has 1 saturated heterocycles. The van der Waals surface area contributed by atoms with Crippen molar-refractivity contribution in [3.05, 3.63) is 0 Å². The molecule has 0 aromatic carbocycles. The maximum atomic E-state index is 9.93. The van der Waals surface area contributed by atoms with Crippen molar-refractivity contribution >= 4 is 5.84 Å². The van der Waals surface area contributed by atoms with Crippen molar-refractivity contribution < 1.29 is 9.47 Å².